The molecule has 180 valence electrons. The van der Waals surface area contributed by atoms with E-state index in [4.69, 9.17) is 25.2 Å². The number of methoxy groups -OCH3 is 2. The second-order valence-corrected chi connectivity index (χ2v) is 8.41. The van der Waals surface area contributed by atoms with Gasteiger partial charge >= 0.3 is 0 Å². The number of benzene rings is 2. The summed E-state index contributed by atoms with van der Waals surface area (Å²) in [6.07, 6.45) is 4.86. The number of halogens is 1. The van der Waals surface area contributed by atoms with Gasteiger partial charge in [-0.05, 0) is 43.2 Å². The maximum Gasteiger partial charge on any atom is 0.226 e. The van der Waals surface area contributed by atoms with Crippen LogP contribution in [0.4, 0.5) is 10.3 Å². The number of anilines is 1. The van der Waals surface area contributed by atoms with Gasteiger partial charge in [0.05, 0.1) is 37.3 Å². The van der Waals surface area contributed by atoms with Gasteiger partial charge in [0, 0.05) is 42.2 Å². The van der Waals surface area contributed by atoms with Crippen LogP contribution in [0.25, 0.3) is 27.8 Å². The number of primary amides is 1. The monoisotopic (exact) mass is 476 g/mol. The molecule has 0 aliphatic carbocycles. The van der Waals surface area contributed by atoms with Crippen molar-refractivity contribution in [2.75, 3.05) is 32.2 Å². The van der Waals surface area contributed by atoms with Crippen LogP contribution in [-0.4, -0.2) is 53.0 Å². The minimum Gasteiger partial charge on any atom is -0.493 e. The fourth-order valence-corrected chi connectivity index (χ4v) is 4.35. The number of hydrogen-bond donors (Lipinski definition) is 1. The van der Waals surface area contributed by atoms with E-state index < -0.39 is 0 Å². The van der Waals surface area contributed by atoms with Crippen LogP contribution in [0.3, 0.4) is 0 Å². The standard InChI is InChI=1S/C25H25FN6O3/c1-34-21-11-19-20(12-22(21)35-2)29-25(31-9-7-15(8-10-31)24(27)33)30-23(19)16-13-28-32(14-16)18-5-3-17(26)4-6-18/h3-6,11-15H,7-10H2,1-2H3,(H2,27,33). The second-order valence-electron chi connectivity index (χ2n) is 8.41. The molecule has 10 heteroatoms. The molecule has 0 bridgehead atoms. The van der Waals surface area contributed by atoms with Crippen LogP contribution >= 0.6 is 0 Å². The third-order valence-electron chi connectivity index (χ3n) is 6.32. The number of amides is 1. The van der Waals surface area contributed by atoms with Crippen molar-refractivity contribution in [2.24, 2.45) is 11.7 Å². The Kier molecular flexibility index (Phi) is 5.94. The highest BCUT2D eigenvalue weighted by molar-refractivity contribution is 5.95. The zero-order valence-corrected chi connectivity index (χ0v) is 19.4. The third-order valence-corrected chi connectivity index (χ3v) is 6.32. The van der Waals surface area contributed by atoms with E-state index in [1.54, 1.807) is 37.2 Å². The number of ether oxygens (including phenoxy) is 2. The first-order valence-electron chi connectivity index (χ1n) is 11.3. The number of carbonyl (C=O) groups excluding carboxylic acids is 1. The summed E-state index contributed by atoms with van der Waals surface area (Å²) < 4.78 is 26.0. The molecule has 9 nitrogen and oxygen atoms in total. The van der Waals surface area contributed by atoms with Crippen LogP contribution in [0.5, 0.6) is 11.5 Å². The molecule has 4 aromatic rings. The van der Waals surface area contributed by atoms with E-state index in [-0.39, 0.29) is 17.6 Å². The minimum absolute atomic E-state index is 0.135. The van der Waals surface area contributed by atoms with Gasteiger partial charge in [-0.3, -0.25) is 4.79 Å². The van der Waals surface area contributed by atoms with Crippen molar-refractivity contribution in [3.63, 3.8) is 0 Å². The molecule has 2 aromatic heterocycles. The average Bonchev–Trinajstić information content (AvgIpc) is 3.37. The Labute approximate surface area is 201 Å². The van der Waals surface area contributed by atoms with Crippen LogP contribution < -0.4 is 20.1 Å². The normalized spacial score (nSPS) is 14.3. The highest BCUT2D eigenvalue weighted by Crippen LogP contribution is 2.37. The number of rotatable bonds is 6. The number of piperidine rings is 1. The Morgan fingerprint density at radius 3 is 2.40 bits per heavy atom. The lowest BCUT2D eigenvalue weighted by atomic mass is 9.96. The first kappa shape index (κ1) is 22.6. The summed E-state index contributed by atoms with van der Waals surface area (Å²) in [5.41, 5.74) is 8.36. The van der Waals surface area contributed by atoms with Gasteiger partial charge in [-0.15, -0.1) is 0 Å². The van der Waals surface area contributed by atoms with Crippen LogP contribution in [0, 0.1) is 11.7 Å². The number of carbonyl (C=O) groups is 1. The smallest absolute Gasteiger partial charge is 0.226 e. The zero-order valence-electron chi connectivity index (χ0n) is 19.4. The summed E-state index contributed by atoms with van der Waals surface area (Å²) in [6.45, 7) is 1.25. The number of nitrogens with zero attached hydrogens (tertiary/aromatic N) is 5. The third kappa shape index (κ3) is 4.34. The van der Waals surface area contributed by atoms with Crippen molar-refractivity contribution in [1.82, 2.24) is 19.7 Å². The Morgan fingerprint density at radius 2 is 1.74 bits per heavy atom. The Bertz CT molecular complexity index is 1380. The highest BCUT2D eigenvalue weighted by Gasteiger charge is 2.26. The van der Waals surface area contributed by atoms with Gasteiger partial charge in [0.25, 0.3) is 0 Å². The summed E-state index contributed by atoms with van der Waals surface area (Å²) >= 11 is 0. The molecule has 0 radical (unpaired) electrons. The topological polar surface area (TPSA) is 108 Å². The fourth-order valence-electron chi connectivity index (χ4n) is 4.35. The van der Waals surface area contributed by atoms with Crippen molar-refractivity contribution in [2.45, 2.75) is 12.8 Å². The van der Waals surface area contributed by atoms with E-state index in [1.165, 1.54) is 12.1 Å². The van der Waals surface area contributed by atoms with Crippen LogP contribution in [0.15, 0.2) is 48.8 Å². The highest BCUT2D eigenvalue weighted by atomic mass is 19.1. The fraction of sp³-hybridized carbons (Fsp3) is 0.280. The molecule has 0 atom stereocenters. The molecule has 5 rings (SSSR count). The lowest BCUT2D eigenvalue weighted by Gasteiger charge is -2.31. The largest absolute Gasteiger partial charge is 0.493 e. The summed E-state index contributed by atoms with van der Waals surface area (Å²) in [4.78, 5) is 23.4. The molecule has 0 spiro atoms. The molecule has 35 heavy (non-hydrogen) atoms. The molecule has 2 aromatic carbocycles. The van der Waals surface area contributed by atoms with Crippen molar-refractivity contribution in [3.05, 3.63) is 54.6 Å². The van der Waals surface area contributed by atoms with E-state index in [9.17, 15) is 9.18 Å². The predicted molar refractivity (Wildman–Crippen MR) is 129 cm³/mol. The SMILES string of the molecule is COc1cc2nc(N3CCC(C(N)=O)CC3)nc(-c3cnn(-c4ccc(F)cc4)c3)c2cc1OC. The van der Waals surface area contributed by atoms with Gasteiger partial charge in [-0.2, -0.15) is 5.10 Å². The summed E-state index contributed by atoms with van der Waals surface area (Å²) in [7, 11) is 3.15. The van der Waals surface area contributed by atoms with E-state index in [0.717, 1.165) is 16.6 Å². The first-order valence-corrected chi connectivity index (χ1v) is 11.3. The lowest BCUT2D eigenvalue weighted by molar-refractivity contribution is -0.122. The molecular weight excluding hydrogens is 451 g/mol. The van der Waals surface area contributed by atoms with Crippen LogP contribution in [-0.2, 0) is 4.79 Å². The second kappa shape index (κ2) is 9.21. The average molecular weight is 477 g/mol. The van der Waals surface area contributed by atoms with E-state index >= 15 is 0 Å². The molecule has 1 saturated heterocycles. The van der Waals surface area contributed by atoms with Crippen molar-refractivity contribution in [3.8, 4) is 28.4 Å². The van der Waals surface area contributed by atoms with Crippen molar-refractivity contribution in [1.29, 1.82) is 0 Å². The van der Waals surface area contributed by atoms with E-state index in [2.05, 4.69) is 10.00 Å². The molecule has 1 aliphatic heterocycles. The van der Waals surface area contributed by atoms with E-state index in [0.29, 0.717) is 54.6 Å². The quantitative estimate of drug-likeness (QED) is 0.455. The zero-order chi connectivity index (χ0) is 24.5. The molecule has 2 N–H and O–H groups in total. The molecular formula is C25H25FN6O3. The molecule has 0 saturated carbocycles. The van der Waals surface area contributed by atoms with Crippen molar-refractivity contribution < 1.29 is 18.7 Å². The molecule has 1 amide bonds. The van der Waals surface area contributed by atoms with Gasteiger partial charge < -0.3 is 20.1 Å². The van der Waals surface area contributed by atoms with Crippen LogP contribution in [0.1, 0.15) is 12.8 Å². The van der Waals surface area contributed by atoms with E-state index in [1.807, 2.05) is 18.3 Å². The summed E-state index contributed by atoms with van der Waals surface area (Å²) in [5.74, 6) is 0.959. The summed E-state index contributed by atoms with van der Waals surface area (Å²) in [6, 6.07) is 9.77. The number of hydrogen-bond acceptors (Lipinski definition) is 7. The van der Waals surface area contributed by atoms with Gasteiger partial charge in [-0.1, -0.05) is 0 Å². The number of aromatic nitrogens is 4. The predicted octanol–water partition coefficient (Wildman–Crippen LogP) is 3.34. The number of nitrogens with two attached hydrogens (primary N) is 1. The maximum atomic E-state index is 13.4. The lowest BCUT2D eigenvalue weighted by Crippen LogP contribution is -2.39. The molecule has 0 unspecified atom stereocenters. The Balaban J connectivity index is 1.61. The number of fused-ring (bicyclic) bond motifs is 1. The van der Waals surface area contributed by atoms with Crippen molar-refractivity contribution >= 4 is 22.8 Å². The first-order chi connectivity index (χ1) is 17.0. The Hall–Kier alpha value is -4.21. The molecule has 3 heterocycles. The van der Waals surface area contributed by atoms with Gasteiger partial charge in [-0.25, -0.2) is 19.0 Å². The van der Waals surface area contributed by atoms with Crippen LogP contribution in [0.2, 0.25) is 0 Å². The molecule has 1 fully saturated rings. The van der Waals surface area contributed by atoms with Gasteiger partial charge in [0.15, 0.2) is 11.5 Å². The van der Waals surface area contributed by atoms with Gasteiger partial charge in [0.2, 0.25) is 11.9 Å². The Morgan fingerprint density at radius 1 is 1.06 bits per heavy atom. The summed E-state index contributed by atoms with van der Waals surface area (Å²) in [5, 5.41) is 5.24. The van der Waals surface area contributed by atoms with Gasteiger partial charge in [0.1, 0.15) is 5.82 Å². The minimum atomic E-state index is -0.311. The maximum absolute atomic E-state index is 13.4. The molecule has 1 aliphatic rings.